The van der Waals surface area contributed by atoms with Gasteiger partial charge in [-0.2, -0.15) is 0 Å². The van der Waals surface area contributed by atoms with Crippen LogP contribution in [0.1, 0.15) is 39.5 Å². The van der Waals surface area contributed by atoms with Gasteiger partial charge in [-0.15, -0.1) is 0 Å². The summed E-state index contributed by atoms with van der Waals surface area (Å²) < 4.78 is 9.89. The van der Waals surface area contributed by atoms with Crippen LogP contribution in [0, 0.1) is 0 Å². The Morgan fingerprint density at radius 2 is 1.86 bits per heavy atom. The highest BCUT2D eigenvalue weighted by Gasteiger charge is 2.51. The summed E-state index contributed by atoms with van der Waals surface area (Å²) in [7, 11) is 2.73. The van der Waals surface area contributed by atoms with Gasteiger partial charge in [-0.3, -0.25) is 19.4 Å². The number of hydrogen-bond donors (Lipinski definition) is 0. The van der Waals surface area contributed by atoms with Gasteiger partial charge in [-0.1, -0.05) is 25.1 Å². The molecule has 0 aromatic heterocycles. The number of ether oxygens (including phenoxy) is 2. The molecule has 1 aromatic rings. The van der Waals surface area contributed by atoms with Crippen LogP contribution in [-0.4, -0.2) is 61.6 Å². The number of carbonyl (C=O) groups excluding carboxylic acids is 3. The number of amides is 1. The number of anilines is 1. The van der Waals surface area contributed by atoms with Crippen LogP contribution in [-0.2, 0) is 23.9 Å². The van der Waals surface area contributed by atoms with Gasteiger partial charge in [-0.05, 0) is 31.9 Å². The lowest BCUT2D eigenvalue weighted by atomic mass is 9.81. The van der Waals surface area contributed by atoms with E-state index in [0.29, 0.717) is 38.0 Å². The van der Waals surface area contributed by atoms with E-state index in [1.165, 1.54) is 14.2 Å². The lowest BCUT2D eigenvalue weighted by Gasteiger charge is -2.49. The predicted octanol–water partition coefficient (Wildman–Crippen LogP) is 2.39. The van der Waals surface area contributed by atoms with Crippen molar-refractivity contribution >= 4 is 23.5 Å². The van der Waals surface area contributed by atoms with Crippen molar-refractivity contribution in [1.82, 2.24) is 4.90 Å². The van der Waals surface area contributed by atoms with Crippen LogP contribution in [0.4, 0.5) is 5.69 Å². The molecule has 1 amide bonds. The largest absolute Gasteiger partial charge is 0.469 e. The Morgan fingerprint density at radius 3 is 2.39 bits per heavy atom. The molecule has 0 radical (unpaired) electrons. The molecule has 1 fully saturated rings. The number of rotatable bonds is 7. The second kappa shape index (κ2) is 9.68. The van der Waals surface area contributed by atoms with E-state index >= 15 is 0 Å². The number of likely N-dealkylation sites (tertiary alicyclic amines) is 1. The first-order valence-corrected chi connectivity index (χ1v) is 9.67. The van der Waals surface area contributed by atoms with Crippen LogP contribution >= 0.6 is 0 Å². The average molecular weight is 390 g/mol. The second-order valence-electron chi connectivity index (χ2n) is 7.11. The zero-order valence-corrected chi connectivity index (χ0v) is 17.1. The minimum absolute atomic E-state index is 0.00613. The molecule has 0 spiro atoms. The van der Waals surface area contributed by atoms with Crippen molar-refractivity contribution in [1.29, 1.82) is 0 Å². The normalized spacial score (nSPS) is 22.4. The molecular weight excluding hydrogens is 360 g/mol. The zero-order chi connectivity index (χ0) is 20.7. The van der Waals surface area contributed by atoms with Crippen LogP contribution in [0.25, 0.3) is 0 Å². The summed E-state index contributed by atoms with van der Waals surface area (Å²) >= 11 is 0. The van der Waals surface area contributed by atoms with Crippen LogP contribution in [0.3, 0.4) is 0 Å². The van der Waals surface area contributed by atoms with Crippen molar-refractivity contribution in [2.75, 3.05) is 32.2 Å². The fourth-order valence-corrected chi connectivity index (χ4v) is 3.97. The minimum atomic E-state index is -1.07. The Morgan fingerprint density at radius 1 is 1.18 bits per heavy atom. The van der Waals surface area contributed by atoms with E-state index in [1.54, 1.807) is 11.8 Å². The average Bonchev–Trinajstić information content (AvgIpc) is 2.72. The number of benzene rings is 1. The summed E-state index contributed by atoms with van der Waals surface area (Å²) in [5.74, 6) is -0.784. The maximum Gasteiger partial charge on any atom is 0.332 e. The standard InChI is InChI=1S/C21H30N2O5/c1-5-18(24)23(17-9-7-6-8-10-17)21(20(26)28-4)12-14-22(16(2)15-21)13-11-19(25)27-3/h6-10,16H,5,11-15H2,1-4H3. The molecule has 1 saturated heterocycles. The number of methoxy groups -OCH3 is 2. The van der Waals surface area contributed by atoms with Crippen molar-refractivity contribution in [3.63, 3.8) is 0 Å². The molecule has 154 valence electrons. The molecule has 0 N–H and O–H groups in total. The van der Waals surface area contributed by atoms with Gasteiger partial charge in [0.15, 0.2) is 0 Å². The Hall–Kier alpha value is -2.41. The summed E-state index contributed by atoms with van der Waals surface area (Å²) in [6.45, 7) is 4.93. The maximum atomic E-state index is 13.0. The van der Waals surface area contributed by atoms with Gasteiger partial charge >= 0.3 is 11.9 Å². The van der Waals surface area contributed by atoms with E-state index in [2.05, 4.69) is 4.90 Å². The lowest BCUT2D eigenvalue weighted by Crippen LogP contribution is -2.64. The van der Waals surface area contributed by atoms with Crippen molar-refractivity contribution in [2.24, 2.45) is 0 Å². The van der Waals surface area contributed by atoms with Gasteiger partial charge in [0.1, 0.15) is 5.54 Å². The van der Waals surface area contributed by atoms with Crippen molar-refractivity contribution in [2.45, 2.75) is 51.1 Å². The third-order valence-electron chi connectivity index (χ3n) is 5.46. The molecule has 0 saturated carbocycles. The van der Waals surface area contributed by atoms with Gasteiger partial charge in [0.05, 0.1) is 20.6 Å². The third kappa shape index (κ3) is 4.52. The SMILES string of the molecule is CCC(=O)N(c1ccccc1)C1(C(=O)OC)CCN(CCC(=O)OC)C(C)C1. The zero-order valence-electron chi connectivity index (χ0n) is 17.1. The van der Waals surface area contributed by atoms with Crippen molar-refractivity contribution in [3.05, 3.63) is 30.3 Å². The topological polar surface area (TPSA) is 76.2 Å². The van der Waals surface area contributed by atoms with E-state index in [9.17, 15) is 14.4 Å². The first-order valence-electron chi connectivity index (χ1n) is 9.67. The Bertz CT molecular complexity index is 693. The molecule has 1 aliphatic heterocycles. The number of hydrogen-bond acceptors (Lipinski definition) is 6. The monoisotopic (exact) mass is 390 g/mol. The summed E-state index contributed by atoms with van der Waals surface area (Å²) in [5, 5.41) is 0. The van der Waals surface area contributed by atoms with E-state index in [1.807, 2.05) is 37.3 Å². The molecule has 7 heteroatoms. The summed E-state index contributed by atoms with van der Waals surface area (Å²) in [6, 6.07) is 9.25. The van der Waals surface area contributed by atoms with E-state index in [0.717, 1.165) is 0 Å². The molecule has 1 aromatic carbocycles. The number of piperidine rings is 1. The van der Waals surface area contributed by atoms with Crippen LogP contribution in [0.2, 0.25) is 0 Å². The molecule has 1 heterocycles. The minimum Gasteiger partial charge on any atom is -0.469 e. The highest BCUT2D eigenvalue weighted by Crippen LogP contribution is 2.37. The number of esters is 2. The molecular formula is C21H30N2O5. The molecule has 1 aliphatic rings. The highest BCUT2D eigenvalue weighted by molar-refractivity contribution is 6.02. The smallest absolute Gasteiger partial charge is 0.332 e. The fraction of sp³-hybridized carbons (Fsp3) is 0.571. The molecule has 2 atom stereocenters. The van der Waals surface area contributed by atoms with Crippen LogP contribution < -0.4 is 4.90 Å². The summed E-state index contributed by atoms with van der Waals surface area (Å²) in [4.78, 5) is 41.2. The van der Waals surface area contributed by atoms with Gasteiger partial charge < -0.3 is 9.47 Å². The van der Waals surface area contributed by atoms with E-state index in [4.69, 9.17) is 9.47 Å². The van der Waals surface area contributed by atoms with Gasteiger partial charge in [0.25, 0.3) is 0 Å². The van der Waals surface area contributed by atoms with E-state index in [-0.39, 0.29) is 24.3 Å². The first-order chi connectivity index (χ1) is 13.4. The Kier molecular flexibility index (Phi) is 7.57. The predicted molar refractivity (Wildman–Crippen MR) is 106 cm³/mol. The fourth-order valence-electron chi connectivity index (χ4n) is 3.97. The Labute approximate surface area is 166 Å². The first kappa shape index (κ1) is 21.9. The van der Waals surface area contributed by atoms with Crippen molar-refractivity contribution in [3.8, 4) is 0 Å². The van der Waals surface area contributed by atoms with Gasteiger partial charge in [0, 0.05) is 31.2 Å². The molecule has 28 heavy (non-hydrogen) atoms. The lowest BCUT2D eigenvalue weighted by molar-refractivity contribution is -0.152. The number of para-hydroxylation sites is 1. The molecule has 2 unspecified atom stereocenters. The second-order valence-corrected chi connectivity index (χ2v) is 7.11. The molecule has 0 aliphatic carbocycles. The van der Waals surface area contributed by atoms with Crippen molar-refractivity contribution < 1.29 is 23.9 Å². The number of carbonyl (C=O) groups is 3. The third-order valence-corrected chi connectivity index (χ3v) is 5.46. The molecule has 2 rings (SSSR count). The molecule has 0 bridgehead atoms. The van der Waals surface area contributed by atoms with E-state index < -0.39 is 11.5 Å². The summed E-state index contributed by atoms with van der Waals surface area (Å²) in [5.41, 5.74) is -0.375. The Balaban J connectivity index is 2.35. The van der Waals surface area contributed by atoms with Crippen LogP contribution in [0.5, 0.6) is 0 Å². The van der Waals surface area contributed by atoms with Gasteiger partial charge in [0.2, 0.25) is 5.91 Å². The van der Waals surface area contributed by atoms with Crippen LogP contribution in [0.15, 0.2) is 30.3 Å². The molecule has 7 nitrogen and oxygen atoms in total. The number of nitrogens with zero attached hydrogens (tertiary/aromatic N) is 2. The summed E-state index contributed by atoms with van der Waals surface area (Å²) in [6.07, 6.45) is 1.45. The maximum absolute atomic E-state index is 13.0. The van der Waals surface area contributed by atoms with Gasteiger partial charge in [-0.25, -0.2) is 4.79 Å². The quantitative estimate of drug-likeness (QED) is 0.666. The highest BCUT2D eigenvalue weighted by atomic mass is 16.5.